The van der Waals surface area contributed by atoms with Crippen LogP contribution in [0.25, 0.3) is 0 Å². The number of carbonyl (C=O) groups excluding carboxylic acids is 1. The van der Waals surface area contributed by atoms with Gasteiger partial charge in [-0.3, -0.25) is 0 Å². The van der Waals surface area contributed by atoms with E-state index < -0.39 is 0 Å². The number of nitrogens with one attached hydrogen (secondary N) is 2. The summed E-state index contributed by atoms with van der Waals surface area (Å²) in [6, 6.07) is 6.13. The van der Waals surface area contributed by atoms with Gasteiger partial charge >= 0.3 is 6.03 Å². The maximum absolute atomic E-state index is 12.2. The van der Waals surface area contributed by atoms with E-state index in [9.17, 15) is 4.79 Å². The molecule has 2 aliphatic rings. The van der Waals surface area contributed by atoms with Crippen molar-refractivity contribution in [1.82, 2.24) is 5.32 Å². The Balaban J connectivity index is 1.57. The van der Waals surface area contributed by atoms with E-state index >= 15 is 0 Å². The minimum Gasteiger partial charge on any atom is -0.376 e. The van der Waals surface area contributed by atoms with Crippen molar-refractivity contribution < 1.29 is 9.53 Å². The van der Waals surface area contributed by atoms with Crippen LogP contribution in [0.1, 0.15) is 25.3 Å². The highest BCUT2D eigenvalue weighted by Crippen LogP contribution is 2.25. The summed E-state index contributed by atoms with van der Waals surface area (Å²) < 4.78 is 5.62. The van der Waals surface area contributed by atoms with Gasteiger partial charge in [-0.1, -0.05) is 0 Å². The van der Waals surface area contributed by atoms with Crippen LogP contribution in [0.5, 0.6) is 0 Å². The Kier molecular flexibility index (Phi) is 5.89. The van der Waals surface area contributed by atoms with Gasteiger partial charge in [0.05, 0.1) is 12.1 Å². The average Bonchev–Trinajstić information content (AvgIpc) is 3.12. The maximum Gasteiger partial charge on any atom is 0.319 e. The molecule has 0 spiro atoms. The second kappa shape index (κ2) is 8.12. The van der Waals surface area contributed by atoms with Crippen molar-refractivity contribution in [3.05, 3.63) is 23.8 Å². The minimum absolute atomic E-state index is 0.0259. The number of urea groups is 1. The zero-order valence-electron chi connectivity index (χ0n) is 14.5. The van der Waals surface area contributed by atoms with Crippen molar-refractivity contribution in [2.75, 3.05) is 41.4 Å². The number of benzene rings is 1. The van der Waals surface area contributed by atoms with Gasteiger partial charge in [0.1, 0.15) is 0 Å². The highest BCUT2D eigenvalue weighted by atomic mass is 32.2. The summed E-state index contributed by atoms with van der Waals surface area (Å²) in [6.45, 7) is 7.03. The zero-order chi connectivity index (χ0) is 16.9. The van der Waals surface area contributed by atoms with Gasteiger partial charge in [-0.05, 0) is 50.5 Å². The number of hydrogen-bond donors (Lipinski definition) is 2. The van der Waals surface area contributed by atoms with Crippen molar-refractivity contribution in [2.24, 2.45) is 0 Å². The summed E-state index contributed by atoms with van der Waals surface area (Å²) in [5.74, 6) is 2.37. The second-order valence-corrected chi connectivity index (χ2v) is 7.76. The van der Waals surface area contributed by atoms with Crippen molar-refractivity contribution in [1.29, 1.82) is 0 Å². The molecule has 0 saturated carbocycles. The van der Waals surface area contributed by atoms with Crippen LogP contribution in [0.3, 0.4) is 0 Å². The highest BCUT2D eigenvalue weighted by Gasteiger charge is 2.23. The SMILES string of the molecule is Cc1cc(N2CCSCC2)ccc1NC(=O)NC(C)C1CCCO1. The Morgan fingerprint density at radius 1 is 1.38 bits per heavy atom. The molecule has 5 nitrogen and oxygen atoms in total. The molecule has 0 aromatic heterocycles. The Morgan fingerprint density at radius 2 is 2.17 bits per heavy atom. The van der Waals surface area contributed by atoms with Gasteiger partial charge in [0, 0.05) is 42.6 Å². The lowest BCUT2D eigenvalue weighted by atomic mass is 10.1. The maximum atomic E-state index is 12.2. The van der Waals surface area contributed by atoms with Crippen molar-refractivity contribution in [3.63, 3.8) is 0 Å². The first-order valence-corrected chi connectivity index (χ1v) is 9.91. The molecule has 2 heterocycles. The molecular weight excluding hydrogens is 322 g/mol. The fraction of sp³-hybridized carbons (Fsp3) is 0.611. The number of carbonyl (C=O) groups is 1. The Hall–Kier alpha value is -1.40. The van der Waals surface area contributed by atoms with E-state index in [1.165, 1.54) is 17.2 Å². The van der Waals surface area contributed by atoms with E-state index in [0.29, 0.717) is 0 Å². The summed E-state index contributed by atoms with van der Waals surface area (Å²) in [6.07, 6.45) is 2.23. The first-order chi connectivity index (χ1) is 11.6. The minimum atomic E-state index is -0.164. The number of amides is 2. The molecule has 0 aliphatic carbocycles. The van der Waals surface area contributed by atoms with Gasteiger partial charge in [-0.2, -0.15) is 11.8 Å². The molecule has 2 aliphatic heterocycles. The molecule has 2 unspecified atom stereocenters. The van der Waals surface area contributed by atoms with Crippen LogP contribution in [0.4, 0.5) is 16.2 Å². The monoisotopic (exact) mass is 349 g/mol. The summed E-state index contributed by atoms with van der Waals surface area (Å²) >= 11 is 2.01. The number of anilines is 2. The summed E-state index contributed by atoms with van der Waals surface area (Å²) in [5.41, 5.74) is 3.19. The molecule has 132 valence electrons. The van der Waals surface area contributed by atoms with E-state index in [1.807, 2.05) is 31.7 Å². The molecule has 2 fully saturated rings. The van der Waals surface area contributed by atoms with Crippen LogP contribution in [-0.4, -0.2) is 49.4 Å². The number of thioether (sulfide) groups is 1. The third-order valence-corrected chi connectivity index (χ3v) is 5.66. The molecule has 0 bridgehead atoms. The Bertz CT molecular complexity index is 569. The van der Waals surface area contributed by atoms with Crippen molar-refractivity contribution in [2.45, 2.75) is 38.8 Å². The van der Waals surface area contributed by atoms with Crippen molar-refractivity contribution in [3.8, 4) is 0 Å². The predicted octanol–water partition coefficient (Wildman–Crippen LogP) is 3.24. The first kappa shape index (κ1) is 17.4. The Labute approximate surface area is 148 Å². The lowest BCUT2D eigenvalue weighted by Crippen LogP contribution is -2.43. The standard InChI is InChI=1S/C18H27N3O2S/c1-13-12-15(21-7-10-24-11-8-21)5-6-16(13)20-18(22)19-14(2)17-4-3-9-23-17/h5-6,12,14,17H,3-4,7-11H2,1-2H3,(H2,19,20,22). The normalized spacial score (nSPS) is 22.2. The molecule has 2 saturated heterocycles. The lowest BCUT2D eigenvalue weighted by molar-refractivity contribution is 0.0868. The number of nitrogens with zero attached hydrogens (tertiary/aromatic N) is 1. The molecule has 24 heavy (non-hydrogen) atoms. The van der Waals surface area contributed by atoms with Gasteiger partial charge in [0.15, 0.2) is 0 Å². The molecule has 2 N–H and O–H groups in total. The highest BCUT2D eigenvalue weighted by molar-refractivity contribution is 7.99. The van der Waals surface area contributed by atoms with E-state index in [0.717, 1.165) is 43.8 Å². The quantitative estimate of drug-likeness (QED) is 0.876. The van der Waals surface area contributed by atoms with Gasteiger partial charge in [-0.15, -0.1) is 0 Å². The van der Waals surface area contributed by atoms with E-state index in [-0.39, 0.29) is 18.2 Å². The molecular formula is C18H27N3O2S. The predicted molar refractivity (Wildman–Crippen MR) is 101 cm³/mol. The summed E-state index contributed by atoms with van der Waals surface area (Å²) in [4.78, 5) is 14.6. The van der Waals surface area contributed by atoms with Crippen LogP contribution in [0.2, 0.25) is 0 Å². The summed E-state index contributed by atoms with van der Waals surface area (Å²) in [5, 5.41) is 5.95. The zero-order valence-corrected chi connectivity index (χ0v) is 15.3. The fourth-order valence-electron chi connectivity index (χ4n) is 3.26. The number of hydrogen-bond acceptors (Lipinski definition) is 4. The lowest BCUT2D eigenvalue weighted by Gasteiger charge is -2.29. The average molecular weight is 350 g/mol. The number of rotatable bonds is 4. The largest absolute Gasteiger partial charge is 0.376 e. The van der Waals surface area contributed by atoms with Gasteiger partial charge in [0.2, 0.25) is 0 Å². The summed E-state index contributed by atoms with van der Waals surface area (Å²) in [7, 11) is 0. The molecule has 2 atom stereocenters. The molecule has 2 amide bonds. The molecule has 0 radical (unpaired) electrons. The Morgan fingerprint density at radius 3 is 2.83 bits per heavy atom. The van der Waals surface area contributed by atoms with Gasteiger partial charge in [-0.25, -0.2) is 4.79 Å². The van der Waals surface area contributed by atoms with E-state index in [1.54, 1.807) is 0 Å². The van der Waals surface area contributed by atoms with Crippen LogP contribution in [0, 0.1) is 6.92 Å². The van der Waals surface area contributed by atoms with Gasteiger partial charge in [0.25, 0.3) is 0 Å². The third kappa shape index (κ3) is 4.36. The number of ether oxygens (including phenoxy) is 1. The van der Waals surface area contributed by atoms with Crippen LogP contribution < -0.4 is 15.5 Å². The van der Waals surface area contributed by atoms with Gasteiger partial charge < -0.3 is 20.3 Å². The van der Waals surface area contributed by atoms with E-state index in [4.69, 9.17) is 4.74 Å². The van der Waals surface area contributed by atoms with E-state index in [2.05, 4.69) is 27.7 Å². The second-order valence-electron chi connectivity index (χ2n) is 6.54. The molecule has 6 heteroatoms. The smallest absolute Gasteiger partial charge is 0.319 e. The third-order valence-electron chi connectivity index (χ3n) is 4.72. The molecule has 1 aromatic rings. The van der Waals surface area contributed by atoms with Crippen LogP contribution in [-0.2, 0) is 4.74 Å². The van der Waals surface area contributed by atoms with Crippen LogP contribution in [0.15, 0.2) is 18.2 Å². The molecule has 3 rings (SSSR count). The first-order valence-electron chi connectivity index (χ1n) is 8.76. The topological polar surface area (TPSA) is 53.6 Å². The van der Waals surface area contributed by atoms with Crippen molar-refractivity contribution >= 4 is 29.2 Å². The number of aryl methyl sites for hydroxylation is 1. The molecule has 1 aromatic carbocycles. The van der Waals surface area contributed by atoms with Crippen LogP contribution >= 0.6 is 11.8 Å². The fourth-order valence-corrected chi connectivity index (χ4v) is 4.16.